The van der Waals surface area contributed by atoms with E-state index in [0.717, 1.165) is 27.8 Å². The number of rotatable bonds is 6. The smallest absolute Gasteiger partial charge is 0.271 e. The zero-order chi connectivity index (χ0) is 22.5. The van der Waals surface area contributed by atoms with E-state index in [4.69, 9.17) is 10.00 Å². The molecule has 0 radical (unpaired) electrons. The molecule has 1 heterocycles. The summed E-state index contributed by atoms with van der Waals surface area (Å²) >= 11 is 0. The maximum absolute atomic E-state index is 12.3. The van der Waals surface area contributed by atoms with Gasteiger partial charge in [-0.15, -0.1) is 0 Å². The van der Waals surface area contributed by atoms with Gasteiger partial charge in [-0.1, -0.05) is 24.3 Å². The summed E-state index contributed by atoms with van der Waals surface area (Å²) in [6, 6.07) is 21.8. The number of hydrogen-bond donors (Lipinski definition) is 2. The van der Waals surface area contributed by atoms with Crippen LogP contribution < -0.4 is 10.2 Å². The summed E-state index contributed by atoms with van der Waals surface area (Å²) in [7, 11) is 1.65. The molecule has 4 rings (SSSR count). The first kappa shape index (κ1) is 20.7. The Labute approximate surface area is 184 Å². The topological polar surface area (TPSA) is 99.6 Å². The third-order valence-electron chi connectivity index (χ3n) is 5.11. The first-order valence-corrected chi connectivity index (χ1v) is 9.86. The third-order valence-corrected chi connectivity index (χ3v) is 5.11. The van der Waals surface area contributed by atoms with Crippen LogP contribution in [0.2, 0.25) is 0 Å². The van der Waals surface area contributed by atoms with Gasteiger partial charge in [-0.3, -0.25) is 4.79 Å². The van der Waals surface area contributed by atoms with Crippen molar-refractivity contribution in [2.24, 2.45) is 5.10 Å². The van der Waals surface area contributed by atoms with E-state index in [1.54, 1.807) is 13.3 Å². The van der Waals surface area contributed by atoms with Crippen LogP contribution >= 0.6 is 0 Å². The van der Waals surface area contributed by atoms with Crippen molar-refractivity contribution in [3.63, 3.8) is 0 Å². The Hall–Kier alpha value is -4.57. The fraction of sp³-hybridized carbons (Fsp3) is 0.0800. The predicted molar refractivity (Wildman–Crippen MR) is 122 cm³/mol. The second-order valence-electron chi connectivity index (χ2n) is 7.11. The van der Waals surface area contributed by atoms with Crippen molar-refractivity contribution in [2.75, 3.05) is 7.11 Å². The number of nitrogens with zero attached hydrogens (tertiary/aromatic N) is 3. The van der Waals surface area contributed by atoms with Crippen molar-refractivity contribution in [3.8, 4) is 17.6 Å². The normalized spacial score (nSPS) is 10.9. The Balaban J connectivity index is 1.50. The fourth-order valence-electron chi connectivity index (χ4n) is 3.42. The molecule has 32 heavy (non-hydrogen) atoms. The van der Waals surface area contributed by atoms with Gasteiger partial charge >= 0.3 is 0 Å². The molecule has 0 fully saturated rings. The number of benzene rings is 3. The van der Waals surface area contributed by atoms with Crippen molar-refractivity contribution in [2.45, 2.75) is 6.54 Å². The molecule has 0 atom stereocenters. The zero-order valence-electron chi connectivity index (χ0n) is 17.3. The van der Waals surface area contributed by atoms with Crippen molar-refractivity contribution in [1.82, 2.24) is 9.99 Å². The first-order valence-electron chi connectivity index (χ1n) is 9.86. The highest BCUT2D eigenvalue weighted by molar-refractivity contribution is 6.00. The van der Waals surface area contributed by atoms with E-state index in [1.807, 2.05) is 60.8 Å². The minimum atomic E-state index is -0.470. The van der Waals surface area contributed by atoms with Crippen LogP contribution in [0.3, 0.4) is 0 Å². The Morgan fingerprint density at radius 1 is 1.19 bits per heavy atom. The number of nitriles is 1. The van der Waals surface area contributed by atoms with Crippen molar-refractivity contribution >= 4 is 23.0 Å². The number of methoxy groups -OCH3 is 1. The van der Waals surface area contributed by atoms with Crippen LogP contribution in [-0.2, 0) is 6.54 Å². The fourth-order valence-corrected chi connectivity index (χ4v) is 3.42. The van der Waals surface area contributed by atoms with Gasteiger partial charge in [-0.05, 0) is 48.0 Å². The number of nitrogens with one attached hydrogen (secondary N) is 1. The van der Waals surface area contributed by atoms with Gasteiger partial charge in [-0.2, -0.15) is 10.4 Å². The minimum Gasteiger partial charge on any atom is -0.507 e. The average Bonchev–Trinajstić information content (AvgIpc) is 3.23. The number of carbonyl (C=O) groups excluding carboxylic acids is 1. The van der Waals surface area contributed by atoms with Crippen LogP contribution in [0.1, 0.15) is 27.0 Å². The van der Waals surface area contributed by atoms with E-state index in [1.165, 1.54) is 18.2 Å². The van der Waals surface area contributed by atoms with Crippen molar-refractivity contribution in [1.29, 1.82) is 5.26 Å². The lowest BCUT2D eigenvalue weighted by atomic mass is 10.1. The number of phenols is 1. The van der Waals surface area contributed by atoms with Crippen LogP contribution in [0, 0.1) is 11.3 Å². The Morgan fingerprint density at radius 3 is 2.75 bits per heavy atom. The van der Waals surface area contributed by atoms with E-state index in [-0.39, 0.29) is 16.9 Å². The number of phenolic OH excluding ortho intramolecular Hbond substituents is 1. The minimum absolute atomic E-state index is 0.0320. The third kappa shape index (κ3) is 4.30. The highest BCUT2D eigenvalue weighted by atomic mass is 16.5. The van der Waals surface area contributed by atoms with E-state index >= 15 is 0 Å². The van der Waals surface area contributed by atoms with Gasteiger partial charge in [0.2, 0.25) is 0 Å². The summed E-state index contributed by atoms with van der Waals surface area (Å²) in [6.07, 6.45) is 3.61. The molecule has 4 aromatic rings. The predicted octanol–water partition coefficient (Wildman–Crippen LogP) is 4.04. The summed E-state index contributed by atoms with van der Waals surface area (Å²) in [5.74, 6) is 0.184. The van der Waals surface area contributed by atoms with E-state index in [2.05, 4.69) is 15.1 Å². The van der Waals surface area contributed by atoms with Gasteiger partial charge in [-0.25, -0.2) is 5.43 Å². The largest absolute Gasteiger partial charge is 0.507 e. The molecule has 0 bridgehead atoms. The van der Waals surface area contributed by atoms with Crippen LogP contribution in [0.4, 0.5) is 0 Å². The molecule has 3 aromatic carbocycles. The maximum Gasteiger partial charge on any atom is 0.271 e. The number of hydrogen-bond acceptors (Lipinski definition) is 5. The monoisotopic (exact) mass is 424 g/mol. The Kier molecular flexibility index (Phi) is 5.86. The lowest BCUT2D eigenvalue weighted by Gasteiger charge is -2.07. The van der Waals surface area contributed by atoms with Gasteiger partial charge in [0.1, 0.15) is 17.6 Å². The number of aromatic hydroxyl groups is 1. The van der Waals surface area contributed by atoms with Gasteiger partial charge in [0.05, 0.1) is 18.9 Å². The highest BCUT2D eigenvalue weighted by Gasteiger charge is 2.09. The molecule has 0 unspecified atom stereocenters. The van der Waals surface area contributed by atoms with E-state index in [9.17, 15) is 9.90 Å². The van der Waals surface area contributed by atoms with Gasteiger partial charge < -0.3 is 14.4 Å². The Bertz CT molecular complexity index is 1350. The van der Waals surface area contributed by atoms with Crippen LogP contribution in [0.15, 0.2) is 78.0 Å². The molecular formula is C25H20N4O3. The van der Waals surface area contributed by atoms with Crippen LogP contribution in [0.5, 0.6) is 11.5 Å². The SMILES string of the molecule is COc1ccc(Cn2ccc3c(C=NNC(=O)c4ccc(O)c(C#N)c4)cccc32)cc1. The summed E-state index contributed by atoms with van der Waals surface area (Å²) in [5.41, 5.74) is 5.79. The number of aromatic nitrogens is 1. The maximum atomic E-state index is 12.3. The molecule has 0 saturated heterocycles. The molecule has 0 saturated carbocycles. The van der Waals surface area contributed by atoms with Gasteiger partial charge in [0.25, 0.3) is 5.91 Å². The standard InChI is InChI=1S/C25H20N4O3/c1-32-21-8-5-17(6-9-21)16-29-12-11-22-19(3-2-4-23(22)29)15-27-28-25(31)18-7-10-24(30)20(13-18)14-26/h2-13,15,30H,16H2,1H3,(H,28,31). The molecule has 0 aliphatic rings. The molecule has 7 nitrogen and oxygen atoms in total. The quantitative estimate of drug-likeness (QED) is 0.360. The molecule has 158 valence electrons. The second kappa shape index (κ2) is 9.06. The molecule has 0 aliphatic heterocycles. The molecule has 2 N–H and O–H groups in total. The number of ether oxygens (including phenoxy) is 1. The number of carbonyl (C=O) groups is 1. The van der Waals surface area contributed by atoms with E-state index < -0.39 is 5.91 Å². The molecular weight excluding hydrogens is 404 g/mol. The lowest BCUT2D eigenvalue weighted by molar-refractivity contribution is 0.0955. The lowest BCUT2D eigenvalue weighted by Crippen LogP contribution is -2.17. The number of fused-ring (bicyclic) bond motifs is 1. The highest BCUT2D eigenvalue weighted by Crippen LogP contribution is 2.21. The van der Waals surface area contributed by atoms with Gasteiger partial charge in [0.15, 0.2) is 0 Å². The molecule has 1 amide bonds. The molecule has 1 aromatic heterocycles. The molecule has 0 spiro atoms. The van der Waals surface area contributed by atoms with Crippen LogP contribution in [0.25, 0.3) is 10.9 Å². The second-order valence-corrected chi connectivity index (χ2v) is 7.11. The molecule has 0 aliphatic carbocycles. The summed E-state index contributed by atoms with van der Waals surface area (Å²) in [4.78, 5) is 12.3. The first-order chi connectivity index (χ1) is 15.6. The summed E-state index contributed by atoms with van der Waals surface area (Å²) < 4.78 is 7.36. The summed E-state index contributed by atoms with van der Waals surface area (Å²) in [6.45, 7) is 0.715. The van der Waals surface area contributed by atoms with E-state index in [0.29, 0.717) is 6.54 Å². The molecule has 7 heteroatoms. The Morgan fingerprint density at radius 2 is 2.00 bits per heavy atom. The number of hydrazone groups is 1. The van der Waals surface area contributed by atoms with Gasteiger partial charge in [0, 0.05) is 34.8 Å². The number of amides is 1. The average molecular weight is 424 g/mol. The van der Waals surface area contributed by atoms with Crippen molar-refractivity contribution < 1.29 is 14.6 Å². The van der Waals surface area contributed by atoms with Crippen LogP contribution in [-0.4, -0.2) is 28.9 Å². The van der Waals surface area contributed by atoms with Crippen molar-refractivity contribution in [3.05, 3.63) is 95.2 Å². The summed E-state index contributed by atoms with van der Waals surface area (Å²) in [5, 5.41) is 23.6. The zero-order valence-corrected chi connectivity index (χ0v) is 17.3.